The Bertz CT molecular complexity index is 1170. The Balaban J connectivity index is 1.28. The molecule has 0 atom stereocenters. The van der Waals surface area contributed by atoms with E-state index in [2.05, 4.69) is 50.3 Å². The molecule has 2 aliphatic carbocycles. The molecule has 3 heterocycles. The molecule has 0 radical (unpaired) electrons. The number of carbonyl (C=O) groups excluding carboxylic acids is 1. The normalized spacial score (nSPS) is 16.1. The Labute approximate surface area is 199 Å². The average molecular weight is 462 g/mol. The summed E-state index contributed by atoms with van der Waals surface area (Å²) in [6.07, 6.45) is 14.4. The highest BCUT2D eigenvalue weighted by molar-refractivity contribution is 7.99. The summed E-state index contributed by atoms with van der Waals surface area (Å²) < 4.78 is 4.50. The average Bonchev–Trinajstić information content (AvgIpc) is 3.53. The van der Waals surface area contributed by atoms with Crippen molar-refractivity contribution in [3.63, 3.8) is 0 Å². The first-order valence-corrected chi connectivity index (χ1v) is 13.0. The summed E-state index contributed by atoms with van der Waals surface area (Å²) in [5, 5.41) is 9.69. The molecule has 0 saturated heterocycles. The molecule has 0 amide bonds. The minimum absolute atomic E-state index is 0.157. The smallest absolute Gasteiger partial charge is 0.192 e. The minimum Gasteiger partial charge on any atom is -0.348 e. The zero-order valence-electron chi connectivity index (χ0n) is 19.5. The van der Waals surface area contributed by atoms with Crippen LogP contribution < -0.4 is 0 Å². The third-order valence-electron chi connectivity index (χ3n) is 6.74. The molecule has 3 aromatic heterocycles. The lowest BCUT2D eigenvalue weighted by Gasteiger charge is -2.15. The molecule has 7 heteroatoms. The van der Waals surface area contributed by atoms with Gasteiger partial charge in [-0.25, -0.2) is 0 Å². The summed E-state index contributed by atoms with van der Waals surface area (Å²) in [6.45, 7) is 5.14. The SMILES string of the molecule is Cc1cc(C(=O)CSc2nnc(-c3cccnc3)n2C2CC2)c(C)n1CCC1=CCCCC1. The van der Waals surface area contributed by atoms with Crippen LogP contribution in [0.3, 0.4) is 0 Å². The second kappa shape index (κ2) is 9.67. The lowest BCUT2D eigenvalue weighted by Crippen LogP contribution is -2.08. The summed E-state index contributed by atoms with van der Waals surface area (Å²) in [5.74, 6) is 1.37. The minimum atomic E-state index is 0.157. The zero-order valence-corrected chi connectivity index (χ0v) is 20.3. The second-order valence-electron chi connectivity index (χ2n) is 9.16. The van der Waals surface area contributed by atoms with Crippen LogP contribution in [0.4, 0.5) is 0 Å². The first kappa shape index (κ1) is 22.1. The van der Waals surface area contributed by atoms with E-state index in [9.17, 15) is 4.79 Å². The molecule has 0 N–H and O–H groups in total. The molecule has 1 saturated carbocycles. The molecular weight excluding hydrogens is 430 g/mol. The summed E-state index contributed by atoms with van der Waals surface area (Å²) in [6, 6.07) is 6.40. The number of aryl methyl sites for hydroxylation is 1. The Morgan fingerprint density at radius 3 is 2.82 bits per heavy atom. The Kier molecular flexibility index (Phi) is 6.49. The van der Waals surface area contributed by atoms with Gasteiger partial charge in [0.25, 0.3) is 0 Å². The van der Waals surface area contributed by atoms with Gasteiger partial charge >= 0.3 is 0 Å². The van der Waals surface area contributed by atoms with Gasteiger partial charge in [0.2, 0.25) is 0 Å². The van der Waals surface area contributed by atoms with E-state index in [1.165, 1.54) is 37.4 Å². The Morgan fingerprint density at radius 2 is 2.09 bits per heavy atom. The first-order valence-electron chi connectivity index (χ1n) is 12.0. The van der Waals surface area contributed by atoms with E-state index < -0.39 is 0 Å². The molecule has 33 heavy (non-hydrogen) atoms. The third kappa shape index (κ3) is 4.83. The van der Waals surface area contributed by atoms with Crippen molar-refractivity contribution in [3.8, 4) is 11.4 Å². The fourth-order valence-corrected chi connectivity index (χ4v) is 5.64. The van der Waals surface area contributed by atoms with Crippen LogP contribution in [0, 0.1) is 13.8 Å². The number of carbonyl (C=O) groups is 1. The van der Waals surface area contributed by atoms with E-state index >= 15 is 0 Å². The molecule has 2 aliphatic rings. The highest BCUT2D eigenvalue weighted by atomic mass is 32.2. The van der Waals surface area contributed by atoms with Crippen LogP contribution in [0.5, 0.6) is 0 Å². The lowest BCUT2D eigenvalue weighted by atomic mass is 9.97. The van der Waals surface area contributed by atoms with Crippen LogP contribution in [0.15, 0.2) is 47.4 Å². The van der Waals surface area contributed by atoms with Gasteiger partial charge in [0.05, 0.1) is 5.75 Å². The number of nitrogens with zero attached hydrogens (tertiary/aromatic N) is 5. The van der Waals surface area contributed by atoms with Crippen LogP contribution in [0.2, 0.25) is 0 Å². The van der Waals surface area contributed by atoms with Crippen LogP contribution in [0.1, 0.15) is 72.7 Å². The van der Waals surface area contributed by atoms with E-state index in [1.807, 2.05) is 18.3 Å². The molecule has 6 nitrogen and oxygen atoms in total. The van der Waals surface area contributed by atoms with Crippen molar-refractivity contribution in [2.75, 3.05) is 5.75 Å². The van der Waals surface area contributed by atoms with Gasteiger partial charge in [0.1, 0.15) is 0 Å². The fraction of sp³-hybridized carbons (Fsp3) is 0.462. The standard InChI is InChI=1S/C26H31N5OS/c1-18-15-23(19(2)30(18)14-12-20-7-4-3-5-8-20)24(32)17-33-26-29-28-25(31(26)22-10-11-22)21-9-6-13-27-16-21/h6-7,9,13,15-16,22H,3-5,8,10-12,14,17H2,1-2H3. The maximum Gasteiger partial charge on any atom is 0.192 e. The van der Waals surface area contributed by atoms with E-state index in [4.69, 9.17) is 0 Å². The molecule has 1 fully saturated rings. The number of pyridine rings is 1. The highest BCUT2D eigenvalue weighted by Crippen LogP contribution is 2.41. The molecule has 0 unspecified atom stereocenters. The molecule has 0 spiro atoms. The summed E-state index contributed by atoms with van der Waals surface area (Å²) in [4.78, 5) is 17.4. The second-order valence-corrected chi connectivity index (χ2v) is 10.1. The van der Waals surface area contributed by atoms with Crippen LogP contribution in [0.25, 0.3) is 11.4 Å². The van der Waals surface area contributed by atoms with Gasteiger partial charge < -0.3 is 4.57 Å². The summed E-state index contributed by atoms with van der Waals surface area (Å²) in [7, 11) is 0. The highest BCUT2D eigenvalue weighted by Gasteiger charge is 2.30. The van der Waals surface area contributed by atoms with Gasteiger partial charge in [0.15, 0.2) is 16.8 Å². The van der Waals surface area contributed by atoms with Crippen LogP contribution in [-0.2, 0) is 6.54 Å². The third-order valence-corrected chi connectivity index (χ3v) is 7.69. The predicted octanol–water partition coefficient (Wildman–Crippen LogP) is 5.96. The topological polar surface area (TPSA) is 65.6 Å². The van der Waals surface area contributed by atoms with Crippen molar-refractivity contribution in [3.05, 3.63) is 59.2 Å². The largest absolute Gasteiger partial charge is 0.348 e. The van der Waals surface area contributed by atoms with Crippen LogP contribution >= 0.6 is 11.8 Å². The molecular formula is C26H31N5OS. The maximum absolute atomic E-state index is 13.2. The first-order chi connectivity index (χ1) is 16.1. The number of hydrogen-bond acceptors (Lipinski definition) is 5. The number of ketones is 1. The van der Waals surface area contributed by atoms with E-state index in [-0.39, 0.29) is 5.78 Å². The van der Waals surface area contributed by atoms with Gasteiger partial charge in [-0.05, 0) is 77.0 Å². The van der Waals surface area contributed by atoms with E-state index in [0.717, 1.165) is 59.3 Å². The van der Waals surface area contributed by atoms with Crippen molar-refractivity contribution >= 4 is 17.5 Å². The molecule has 172 valence electrons. The van der Waals surface area contributed by atoms with Gasteiger partial charge in [-0.2, -0.15) is 0 Å². The van der Waals surface area contributed by atoms with Gasteiger partial charge in [-0.3, -0.25) is 14.3 Å². The van der Waals surface area contributed by atoms with Gasteiger partial charge in [0, 0.05) is 47.5 Å². The van der Waals surface area contributed by atoms with E-state index in [0.29, 0.717) is 11.8 Å². The molecule has 0 bridgehead atoms. The molecule has 3 aromatic rings. The number of rotatable bonds is 9. The maximum atomic E-state index is 13.2. The molecule has 0 aliphatic heterocycles. The molecule has 5 rings (SSSR count). The molecule has 0 aromatic carbocycles. The van der Waals surface area contributed by atoms with Gasteiger partial charge in [-0.15, -0.1) is 10.2 Å². The quantitative estimate of drug-likeness (QED) is 0.223. The van der Waals surface area contributed by atoms with Crippen molar-refractivity contribution < 1.29 is 4.79 Å². The lowest BCUT2D eigenvalue weighted by molar-refractivity contribution is 0.102. The van der Waals surface area contributed by atoms with Crippen LogP contribution in [-0.4, -0.2) is 35.9 Å². The van der Waals surface area contributed by atoms with Crippen molar-refractivity contribution in [1.29, 1.82) is 0 Å². The van der Waals surface area contributed by atoms with E-state index in [1.54, 1.807) is 11.8 Å². The predicted molar refractivity (Wildman–Crippen MR) is 132 cm³/mol. The number of aromatic nitrogens is 5. The fourth-order valence-electron chi connectivity index (χ4n) is 4.75. The number of hydrogen-bond donors (Lipinski definition) is 0. The van der Waals surface area contributed by atoms with Crippen molar-refractivity contribution in [2.24, 2.45) is 0 Å². The monoisotopic (exact) mass is 461 g/mol. The van der Waals surface area contributed by atoms with Crippen molar-refractivity contribution in [2.45, 2.75) is 76.5 Å². The zero-order chi connectivity index (χ0) is 22.8. The summed E-state index contributed by atoms with van der Waals surface area (Å²) >= 11 is 1.49. The Hall–Kier alpha value is -2.67. The Morgan fingerprint density at radius 1 is 1.21 bits per heavy atom. The summed E-state index contributed by atoms with van der Waals surface area (Å²) in [5.41, 5.74) is 5.61. The van der Waals surface area contributed by atoms with Gasteiger partial charge in [-0.1, -0.05) is 23.4 Å². The number of allylic oxidation sites excluding steroid dienone is 2. The van der Waals surface area contributed by atoms with Crippen molar-refractivity contribution in [1.82, 2.24) is 24.3 Å². The number of Topliss-reactive ketones (excluding diaryl/α,β-unsaturated/α-hetero) is 1. The number of thioether (sulfide) groups is 1.